The monoisotopic (exact) mass is 197 g/mol. The van der Waals surface area contributed by atoms with Crippen LogP contribution in [0.3, 0.4) is 0 Å². The van der Waals surface area contributed by atoms with Crippen LogP contribution in [-0.4, -0.2) is 22.4 Å². The standard InChI is InChI=1S/C9H15N3O2/c1-4-5-14-9(13)8-7(10)6(2)11-12(8)3/h4-5,10H2,1-3H3. The third-order valence-electron chi connectivity index (χ3n) is 1.90. The molecule has 0 fully saturated rings. The zero-order chi connectivity index (χ0) is 10.7. The Morgan fingerprint density at radius 1 is 1.64 bits per heavy atom. The first kappa shape index (κ1) is 10.6. The summed E-state index contributed by atoms with van der Waals surface area (Å²) in [6, 6.07) is 0. The van der Waals surface area contributed by atoms with Gasteiger partial charge in [0.25, 0.3) is 0 Å². The Labute approximate surface area is 82.8 Å². The van der Waals surface area contributed by atoms with Gasteiger partial charge in [-0.3, -0.25) is 4.68 Å². The van der Waals surface area contributed by atoms with Crippen LogP contribution < -0.4 is 5.73 Å². The van der Waals surface area contributed by atoms with Crippen molar-refractivity contribution in [2.45, 2.75) is 20.3 Å². The van der Waals surface area contributed by atoms with E-state index in [4.69, 9.17) is 10.5 Å². The van der Waals surface area contributed by atoms with E-state index in [0.29, 0.717) is 23.7 Å². The third-order valence-corrected chi connectivity index (χ3v) is 1.90. The molecule has 0 aliphatic rings. The Balaban J connectivity index is 2.89. The lowest BCUT2D eigenvalue weighted by atomic mass is 10.3. The number of anilines is 1. The van der Waals surface area contributed by atoms with Crippen LogP contribution in [0.2, 0.25) is 0 Å². The molecular formula is C9H15N3O2. The number of aryl methyl sites for hydroxylation is 2. The highest BCUT2D eigenvalue weighted by atomic mass is 16.5. The van der Waals surface area contributed by atoms with Crippen molar-refractivity contribution >= 4 is 11.7 Å². The van der Waals surface area contributed by atoms with E-state index in [9.17, 15) is 4.79 Å². The lowest BCUT2D eigenvalue weighted by Gasteiger charge is -2.03. The molecule has 0 unspecified atom stereocenters. The fraction of sp³-hybridized carbons (Fsp3) is 0.556. The average Bonchev–Trinajstić information content (AvgIpc) is 2.38. The highest BCUT2D eigenvalue weighted by Crippen LogP contribution is 2.16. The van der Waals surface area contributed by atoms with Crippen molar-refractivity contribution in [1.29, 1.82) is 0 Å². The Morgan fingerprint density at radius 3 is 2.71 bits per heavy atom. The van der Waals surface area contributed by atoms with Crippen LogP contribution in [0, 0.1) is 6.92 Å². The van der Waals surface area contributed by atoms with Gasteiger partial charge < -0.3 is 10.5 Å². The molecule has 14 heavy (non-hydrogen) atoms. The summed E-state index contributed by atoms with van der Waals surface area (Å²) in [7, 11) is 1.67. The van der Waals surface area contributed by atoms with Gasteiger partial charge in [-0.05, 0) is 13.3 Å². The van der Waals surface area contributed by atoms with Gasteiger partial charge in [0, 0.05) is 7.05 Å². The maximum Gasteiger partial charge on any atom is 0.358 e. The van der Waals surface area contributed by atoms with Gasteiger partial charge in [-0.1, -0.05) is 6.92 Å². The SMILES string of the molecule is CCCOC(=O)c1c(N)c(C)nn1C. The number of rotatable bonds is 3. The molecule has 1 aromatic heterocycles. The van der Waals surface area contributed by atoms with Gasteiger partial charge in [-0.2, -0.15) is 5.10 Å². The molecule has 1 heterocycles. The predicted molar refractivity (Wildman–Crippen MR) is 52.9 cm³/mol. The first-order valence-electron chi connectivity index (χ1n) is 4.54. The van der Waals surface area contributed by atoms with Crippen molar-refractivity contribution in [3.05, 3.63) is 11.4 Å². The van der Waals surface area contributed by atoms with E-state index in [-0.39, 0.29) is 0 Å². The summed E-state index contributed by atoms with van der Waals surface area (Å²) in [5, 5.41) is 4.03. The topological polar surface area (TPSA) is 70.1 Å². The van der Waals surface area contributed by atoms with E-state index in [1.54, 1.807) is 14.0 Å². The van der Waals surface area contributed by atoms with E-state index < -0.39 is 5.97 Å². The third kappa shape index (κ3) is 1.86. The minimum Gasteiger partial charge on any atom is -0.461 e. The van der Waals surface area contributed by atoms with Crippen LogP contribution in [0.15, 0.2) is 0 Å². The minimum absolute atomic E-state index is 0.330. The van der Waals surface area contributed by atoms with Gasteiger partial charge in [-0.25, -0.2) is 4.79 Å². The second-order valence-electron chi connectivity index (χ2n) is 3.11. The van der Waals surface area contributed by atoms with Crippen LogP contribution in [0.4, 0.5) is 5.69 Å². The number of ether oxygens (including phenoxy) is 1. The van der Waals surface area contributed by atoms with Crippen molar-refractivity contribution in [2.24, 2.45) is 7.05 Å². The number of esters is 1. The summed E-state index contributed by atoms with van der Waals surface area (Å²) in [5.74, 6) is -0.410. The van der Waals surface area contributed by atoms with Gasteiger partial charge in [0.2, 0.25) is 0 Å². The zero-order valence-corrected chi connectivity index (χ0v) is 8.70. The molecule has 0 saturated carbocycles. The van der Waals surface area contributed by atoms with Crippen molar-refractivity contribution < 1.29 is 9.53 Å². The lowest BCUT2D eigenvalue weighted by Crippen LogP contribution is -2.13. The fourth-order valence-electron chi connectivity index (χ4n) is 1.18. The van der Waals surface area contributed by atoms with E-state index >= 15 is 0 Å². The molecule has 0 amide bonds. The summed E-state index contributed by atoms with van der Waals surface area (Å²) in [5.41, 5.74) is 7.07. The molecule has 1 rings (SSSR count). The number of nitrogens with zero attached hydrogens (tertiary/aromatic N) is 2. The van der Waals surface area contributed by atoms with E-state index in [1.165, 1.54) is 4.68 Å². The quantitative estimate of drug-likeness (QED) is 0.730. The molecule has 0 bridgehead atoms. The first-order valence-corrected chi connectivity index (χ1v) is 4.54. The van der Waals surface area contributed by atoms with Crippen LogP contribution in [0.25, 0.3) is 0 Å². The lowest BCUT2D eigenvalue weighted by molar-refractivity contribution is 0.0493. The van der Waals surface area contributed by atoms with Crippen LogP contribution in [0.5, 0.6) is 0 Å². The Morgan fingerprint density at radius 2 is 2.29 bits per heavy atom. The van der Waals surface area contributed by atoms with E-state index in [1.807, 2.05) is 6.92 Å². The van der Waals surface area contributed by atoms with Crippen molar-refractivity contribution in [2.75, 3.05) is 12.3 Å². The van der Waals surface area contributed by atoms with Crippen LogP contribution >= 0.6 is 0 Å². The molecule has 0 aliphatic carbocycles. The molecule has 0 aromatic carbocycles. The molecule has 0 atom stereocenters. The predicted octanol–water partition coefficient (Wildman–Crippen LogP) is 0.878. The van der Waals surface area contributed by atoms with Gasteiger partial charge in [0.15, 0.2) is 5.69 Å². The van der Waals surface area contributed by atoms with Crippen LogP contribution in [0.1, 0.15) is 29.5 Å². The number of nitrogens with two attached hydrogens (primary N) is 1. The minimum atomic E-state index is -0.410. The Hall–Kier alpha value is -1.52. The largest absolute Gasteiger partial charge is 0.461 e. The summed E-state index contributed by atoms with van der Waals surface area (Å²) in [6.07, 6.45) is 0.794. The molecule has 0 radical (unpaired) electrons. The number of carbonyl (C=O) groups is 1. The zero-order valence-electron chi connectivity index (χ0n) is 8.70. The smallest absolute Gasteiger partial charge is 0.358 e. The fourth-order valence-corrected chi connectivity index (χ4v) is 1.18. The van der Waals surface area contributed by atoms with Gasteiger partial charge >= 0.3 is 5.97 Å². The summed E-state index contributed by atoms with van der Waals surface area (Å²) < 4.78 is 6.42. The molecule has 1 aromatic rings. The summed E-state index contributed by atoms with van der Waals surface area (Å²) in [4.78, 5) is 11.5. The summed E-state index contributed by atoms with van der Waals surface area (Å²) >= 11 is 0. The van der Waals surface area contributed by atoms with Gasteiger partial charge in [0.1, 0.15) is 0 Å². The number of nitrogen functional groups attached to an aromatic ring is 1. The molecule has 78 valence electrons. The summed E-state index contributed by atoms with van der Waals surface area (Å²) in [6.45, 7) is 4.10. The van der Waals surface area contributed by atoms with E-state index in [0.717, 1.165) is 6.42 Å². The molecule has 5 nitrogen and oxygen atoms in total. The number of hydrogen-bond acceptors (Lipinski definition) is 4. The molecule has 5 heteroatoms. The Bertz CT molecular complexity index is 344. The Kier molecular flexibility index (Phi) is 3.11. The maximum atomic E-state index is 11.5. The highest BCUT2D eigenvalue weighted by molar-refractivity contribution is 5.93. The van der Waals surface area contributed by atoms with Gasteiger partial charge in [0.05, 0.1) is 18.0 Å². The van der Waals surface area contributed by atoms with Crippen molar-refractivity contribution in [3.8, 4) is 0 Å². The molecular weight excluding hydrogens is 182 g/mol. The molecule has 0 aliphatic heterocycles. The van der Waals surface area contributed by atoms with Crippen molar-refractivity contribution in [3.63, 3.8) is 0 Å². The first-order chi connectivity index (χ1) is 6.57. The van der Waals surface area contributed by atoms with Crippen molar-refractivity contribution in [1.82, 2.24) is 9.78 Å². The second kappa shape index (κ2) is 4.13. The highest BCUT2D eigenvalue weighted by Gasteiger charge is 2.18. The second-order valence-corrected chi connectivity index (χ2v) is 3.11. The van der Waals surface area contributed by atoms with Gasteiger partial charge in [-0.15, -0.1) is 0 Å². The number of aromatic nitrogens is 2. The number of carbonyl (C=O) groups excluding carboxylic acids is 1. The molecule has 0 saturated heterocycles. The maximum absolute atomic E-state index is 11.5. The number of hydrogen-bond donors (Lipinski definition) is 1. The van der Waals surface area contributed by atoms with E-state index in [2.05, 4.69) is 5.10 Å². The molecule has 2 N–H and O–H groups in total. The average molecular weight is 197 g/mol. The van der Waals surface area contributed by atoms with Crippen LogP contribution in [-0.2, 0) is 11.8 Å². The normalized spacial score (nSPS) is 10.2. The molecule has 0 spiro atoms.